The number of ether oxygens (including phenoxy) is 1. The first-order valence-corrected chi connectivity index (χ1v) is 7.36. The summed E-state index contributed by atoms with van der Waals surface area (Å²) in [6.45, 7) is -0.111. The van der Waals surface area contributed by atoms with E-state index in [1.807, 2.05) is 25.1 Å². The molecule has 116 valence electrons. The minimum atomic E-state index is -0.273. The van der Waals surface area contributed by atoms with E-state index in [1.165, 1.54) is 0 Å². The third-order valence-corrected chi connectivity index (χ3v) is 3.35. The first-order valence-electron chi connectivity index (χ1n) is 6.61. The Balaban J connectivity index is 2.01. The summed E-state index contributed by atoms with van der Waals surface area (Å²) in [5.41, 5.74) is 1.50. The lowest BCUT2D eigenvalue weighted by molar-refractivity contribution is -0.118. The summed E-state index contributed by atoms with van der Waals surface area (Å²) in [4.78, 5) is 13.9. The molecule has 0 saturated heterocycles. The van der Waals surface area contributed by atoms with E-state index in [0.29, 0.717) is 21.5 Å². The van der Waals surface area contributed by atoms with Gasteiger partial charge in [0.15, 0.2) is 6.61 Å². The first kappa shape index (κ1) is 16.5. The summed E-state index contributed by atoms with van der Waals surface area (Å²) < 4.78 is 5.41. The number of nitrogens with zero attached hydrogens (tertiary/aromatic N) is 1. The molecule has 0 fully saturated rings. The molecule has 0 bridgehead atoms. The molecular weight excluding hydrogens is 323 g/mol. The number of rotatable bonds is 5. The zero-order valence-corrected chi connectivity index (χ0v) is 13.8. The van der Waals surface area contributed by atoms with Gasteiger partial charge in [0.1, 0.15) is 5.75 Å². The highest BCUT2D eigenvalue weighted by Crippen LogP contribution is 2.27. The van der Waals surface area contributed by atoms with E-state index in [1.54, 1.807) is 36.4 Å². The van der Waals surface area contributed by atoms with E-state index in [9.17, 15) is 4.79 Å². The van der Waals surface area contributed by atoms with Crippen molar-refractivity contribution in [1.29, 1.82) is 0 Å². The van der Waals surface area contributed by atoms with E-state index >= 15 is 0 Å². The smallest absolute Gasteiger partial charge is 0.262 e. The van der Waals surface area contributed by atoms with Gasteiger partial charge in [0.25, 0.3) is 5.91 Å². The molecule has 4 nitrogen and oxygen atoms in total. The maximum absolute atomic E-state index is 12.0. The maximum Gasteiger partial charge on any atom is 0.262 e. The number of halogens is 2. The zero-order valence-electron chi connectivity index (χ0n) is 12.3. The van der Waals surface area contributed by atoms with Gasteiger partial charge in [-0.05, 0) is 36.4 Å². The summed E-state index contributed by atoms with van der Waals surface area (Å²) in [5, 5.41) is 3.90. The quantitative estimate of drug-likeness (QED) is 0.893. The highest BCUT2D eigenvalue weighted by molar-refractivity contribution is 6.31. The number of nitrogens with one attached hydrogen (secondary N) is 1. The molecule has 0 unspecified atom stereocenters. The molecule has 1 amide bonds. The fraction of sp³-hybridized carbons (Fsp3) is 0.188. The standard InChI is InChI=1S/C16H16Cl2N2O2/c1-20(2)15-7-6-12(18)9-14(15)19-16(21)10-22-13-5-3-4-11(17)8-13/h3-9H,10H2,1-2H3,(H,19,21). The molecule has 0 saturated carbocycles. The third-order valence-electron chi connectivity index (χ3n) is 2.88. The molecule has 0 aliphatic carbocycles. The van der Waals surface area contributed by atoms with Crippen LogP contribution in [0.5, 0.6) is 5.75 Å². The van der Waals surface area contributed by atoms with Crippen molar-refractivity contribution >= 4 is 40.5 Å². The van der Waals surface area contributed by atoms with Crippen molar-refractivity contribution in [2.45, 2.75) is 0 Å². The summed E-state index contributed by atoms with van der Waals surface area (Å²) in [6, 6.07) is 12.2. The Hall–Kier alpha value is -1.91. The number of carbonyl (C=O) groups is 1. The van der Waals surface area contributed by atoms with Crippen LogP contribution in [0.4, 0.5) is 11.4 Å². The van der Waals surface area contributed by atoms with Crippen molar-refractivity contribution in [3.8, 4) is 5.75 Å². The normalized spacial score (nSPS) is 10.2. The van der Waals surface area contributed by atoms with Gasteiger partial charge in [-0.2, -0.15) is 0 Å². The van der Waals surface area contributed by atoms with E-state index < -0.39 is 0 Å². The van der Waals surface area contributed by atoms with Crippen LogP contribution in [-0.4, -0.2) is 26.6 Å². The van der Waals surface area contributed by atoms with Gasteiger partial charge in [0.05, 0.1) is 11.4 Å². The van der Waals surface area contributed by atoms with Crippen molar-refractivity contribution < 1.29 is 9.53 Å². The van der Waals surface area contributed by atoms with Crippen LogP contribution in [0, 0.1) is 0 Å². The summed E-state index contributed by atoms with van der Waals surface area (Å²) in [5.74, 6) is 0.270. The highest BCUT2D eigenvalue weighted by atomic mass is 35.5. The van der Waals surface area contributed by atoms with Crippen molar-refractivity contribution in [1.82, 2.24) is 0 Å². The largest absolute Gasteiger partial charge is 0.484 e. The predicted octanol–water partition coefficient (Wildman–Crippen LogP) is 4.08. The molecule has 22 heavy (non-hydrogen) atoms. The lowest BCUT2D eigenvalue weighted by atomic mass is 10.2. The van der Waals surface area contributed by atoms with Gasteiger partial charge >= 0.3 is 0 Å². The summed E-state index contributed by atoms with van der Waals surface area (Å²) in [7, 11) is 3.78. The van der Waals surface area contributed by atoms with Crippen LogP contribution in [0.2, 0.25) is 10.0 Å². The number of anilines is 2. The molecule has 1 N–H and O–H groups in total. The average Bonchev–Trinajstić information content (AvgIpc) is 2.45. The van der Waals surface area contributed by atoms with Crippen LogP contribution in [0.15, 0.2) is 42.5 Å². The molecule has 0 aliphatic rings. The fourth-order valence-electron chi connectivity index (χ4n) is 1.89. The lowest BCUT2D eigenvalue weighted by Gasteiger charge is -2.18. The Labute approximate surface area is 139 Å². The highest BCUT2D eigenvalue weighted by Gasteiger charge is 2.10. The molecule has 2 aromatic rings. The van der Waals surface area contributed by atoms with Crippen LogP contribution in [0.3, 0.4) is 0 Å². The predicted molar refractivity (Wildman–Crippen MR) is 91.4 cm³/mol. The minimum Gasteiger partial charge on any atom is -0.484 e. The maximum atomic E-state index is 12.0. The molecule has 0 radical (unpaired) electrons. The molecule has 0 aromatic heterocycles. The Bertz CT molecular complexity index is 675. The van der Waals surface area contributed by atoms with Crippen molar-refractivity contribution in [2.24, 2.45) is 0 Å². The number of amides is 1. The van der Waals surface area contributed by atoms with E-state index in [0.717, 1.165) is 5.69 Å². The molecule has 0 spiro atoms. The summed E-state index contributed by atoms with van der Waals surface area (Å²) >= 11 is 11.8. The number of hydrogen-bond donors (Lipinski definition) is 1. The number of benzene rings is 2. The van der Waals surface area contributed by atoms with Gasteiger partial charge in [-0.15, -0.1) is 0 Å². The van der Waals surface area contributed by atoms with Crippen LogP contribution in [0.1, 0.15) is 0 Å². The minimum absolute atomic E-state index is 0.111. The molecule has 2 rings (SSSR count). The number of carbonyl (C=O) groups excluding carboxylic acids is 1. The van der Waals surface area contributed by atoms with Gasteiger partial charge in [-0.3, -0.25) is 4.79 Å². The number of hydrogen-bond acceptors (Lipinski definition) is 3. The zero-order chi connectivity index (χ0) is 16.1. The van der Waals surface area contributed by atoms with Crippen LogP contribution >= 0.6 is 23.2 Å². The van der Waals surface area contributed by atoms with Gasteiger partial charge < -0.3 is 15.0 Å². The van der Waals surface area contributed by atoms with E-state index in [4.69, 9.17) is 27.9 Å². The molecular formula is C16H16Cl2N2O2. The van der Waals surface area contributed by atoms with Gasteiger partial charge in [0.2, 0.25) is 0 Å². The topological polar surface area (TPSA) is 41.6 Å². The monoisotopic (exact) mass is 338 g/mol. The van der Waals surface area contributed by atoms with Crippen LogP contribution in [-0.2, 0) is 4.79 Å². The van der Waals surface area contributed by atoms with Crippen LogP contribution < -0.4 is 15.0 Å². The van der Waals surface area contributed by atoms with Crippen molar-refractivity contribution in [3.63, 3.8) is 0 Å². The van der Waals surface area contributed by atoms with E-state index in [2.05, 4.69) is 5.32 Å². The molecule has 2 aromatic carbocycles. The Morgan fingerprint density at radius 3 is 2.55 bits per heavy atom. The fourth-order valence-corrected chi connectivity index (χ4v) is 2.24. The van der Waals surface area contributed by atoms with Gasteiger partial charge in [0, 0.05) is 24.1 Å². The second-order valence-corrected chi connectivity index (χ2v) is 5.72. The van der Waals surface area contributed by atoms with E-state index in [-0.39, 0.29) is 12.5 Å². The molecule has 0 aliphatic heterocycles. The third kappa shape index (κ3) is 4.55. The molecule has 6 heteroatoms. The second kappa shape index (κ2) is 7.38. The second-order valence-electron chi connectivity index (χ2n) is 4.85. The van der Waals surface area contributed by atoms with Crippen molar-refractivity contribution in [2.75, 3.05) is 30.9 Å². The molecule has 0 heterocycles. The van der Waals surface area contributed by atoms with Gasteiger partial charge in [-0.1, -0.05) is 29.3 Å². The average molecular weight is 339 g/mol. The first-order chi connectivity index (χ1) is 10.5. The lowest BCUT2D eigenvalue weighted by Crippen LogP contribution is -2.22. The Kier molecular flexibility index (Phi) is 5.52. The van der Waals surface area contributed by atoms with Crippen molar-refractivity contribution in [3.05, 3.63) is 52.5 Å². The van der Waals surface area contributed by atoms with Crippen LogP contribution in [0.25, 0.3) is 0 Å². The molecule has 0 atom stereocenters. The Morgan fingerprint density at radius 1 is 1.14 bits per heavy atom. The SMILES string of the molecule is CN(C)c1ccc(Cl)cc1NC(=O)COc1cccc(Cl)c1. The van der Waals surface area contributed by atoms with Gasteiger partial charge in [-0.25, -0.2) is 0 Å². The Morgan fingerprint density at radius 2 is 1.86 bits per heavy atom. The summed E-state index contributed by atoms with van der Waals surface area (Å²) in [6.07, 6.45) is 0.